The van der Waals surface area contributed by atoms with Gasteiger partial charge in [0, 0.05) is 10.6 Å². The van der Waals surface area contributed by atoms with E-state index in [9.17, 15) is 0 Å². The Morgan fingerprint density at radius 2 is 1.95 bits per heavy atom. The Hall–Kier alpha value is -1.94. The van der Waals surface area contributed by atoms with E-state index >= 15 is 0 Å². The molecule has 3 N–H and O–H groups in total. The van der Waals surface area contributed by atoms with Crippen LogP contribution in [0.1, 0.15) is 11.1 Å². The molecule has 2 aromatic carbocycles. The molecule has 3 nitrogen and oxygen atoms in total. The van der Waals surface area contributed by atoms with Gasteiger partial charge in [-0.3, -0.25) is 0 Å². The molecule has 2 aromatic rings. The summed E-state index contributed by atoms with van der Waals surface area (Å²) in [5.74, 6) is 0.435. The lowest BCUT2D eigenvalue weighted by atomic mass is 10.2. The number of nitrogens with one attached hydrogen (secondary N) is 1. The number of hydrogen-bond donors (Lipinski definition) is 2. The van der Waals surface area contributed by atoms with E-state index in [1.165, 1.54) is 10.5 Å². The van der Waals surface area contributed by atoms with Gasteiger partial charge < -0.3 is 11.1 Å². The standard InChI is InChI=1S/C16H19N3S/c1-12-4-3-5-14(10-12)19-16(17)18-11-13-6-8-15(20-2)9-7-13/h3-10H,11H2,1-2H3,(H3,17,18,19). The van der Waals surface area contributed by atoms with Crippen molar-refractivity contribution in [3.63, 3.8) is 0 Å². The monoisotopic (exact) mass is 285 g/mol. The third kappa shape index (κ3) is 4.31. The van der Waals surface area contributed by atoms with Crippen molar-refractivity contribution in [2.45, 2.75) is 18.4 Å². The number of thioether (sulfide) groups is 1. The fourth-order valence-electron chi connectivity index (χ4n) is 1.82. The van der Waals surface area contributed by atoms with E-state index in [1.807, 2.05) is 31.2 Å². The summed E-state index contributed by atoms with van der Waals surface area (Å²) < 4.78 is 0. The number of guanidine groups is 1. The highest BCUT2D eigenvalue weighted by Crippen LogP contribution is 2.15. The molecule has 0 saturated carbocycles. The molecule has 0 spiro atoms. The van der Waals surface area contributed by atoms with Gasteiger partial charge in [-0.05, 0) is 48.6 Å². The van der Waals surface area contributed by atoms with Gasteiger partial charge in [-0.2, -0.15) is 0 Å². The molecular formula is C16H19N3S. The van der Waals surface area contributed by atoms with Crippen LogP contribution in [0.4, 0.5) is 5.69 Å². The van der Waals surface area contributed by atoms with Crippen LogP contribution in [0.3, 0.4) is 0 Å². The minimum Gasteiger partial charge on any atom is -0.370 e. The van der Waals surface area contributed by atoms with Crippen molar-refractivity contribution in [3.05, 3.63) is 59.7 Å². The zero-order valence-corrected chi connectivity index (χ0v) is 12.6. The Morgan fingerprint density at radius 1 is 1.20 bits per heavy atom. The zero-order chi connectivity index (χ0) is 14.4. The summed E-state index contributed by atoms with van der Waals surface area (Å²) in [6.45, 7) is 2.63. The SMILES string of the molecule is CSc1ccc(CN=C(N)Nc2cccc(C)c2)cc1. The highest BCUT2D eigenvalue weighted by Gasteiger charge is 1.96. The van der Waals surface area contributed by atoms with E-state index in [0.29, 0.717) is 12.5 Å². The molecule has 0 fully saturated rings. The van der Waals surface area contributed by atoms with Gasteiger partial charge in [0.25, 0.3) is 0 Å². The molecule has 0 aromatic heterocycles. The van der Waals surface area contributed by atoms with Gasteiger partial charge >= 0.3 is 0 Å². The lowest BCUT2D eigenvalue weighted by Gasteiger charge is -2.06. The highest BCUT2D eigenvalue weighted by atomic mass is 32.2. The smallest absolute Gasteiger partial charge is 0.193 e. The normalized spacial score (nSPS) is 11.4. The van der Waals surface area contributed by atoms with E-state index in [4.69, 9.17) is 5.73 Å². The van der Waals surface area contributed by atoms with Gasteiger partial charge in [-0.15, -0.1) is 11.8 Å². The topological polar surface area (TPSA) is 50.4 Å². The first-order chi connectivity index (χ1) is 9.67. The first kappa shape index (κ1) is 14.5. The molecule has 0 heterocycles. The Morgan fingerprint density at radius 3 is 2.60 bits per heavy atom. The fourth-order valence-corrected chi connectivity index (χ4v) is 2.23. The first-order valence-electron chi connectivity index (χ1n) is 6.44. The number of hydrogen-bond acceptors (Lipinski definition) is 2. The molecule has 0 aliphatic rings. The van der Waals surface area contributed by atoms with Gasteiger partial charge in [0.15, 0.2) is 5.96 Å². The Labute approximate surface area is 124 Å². The van der Waals surface area contributed by atoms with Crippen molar-refractivity contribution < 1.29 is 0 Å². The maximum Gasteiger partial charge on any atom is 0.193 e. The Kier molecular flexibility index (Phi) is 5.07. The summed E-state index contributed by atoms with van der Waals surface area (Å²) in [4.78, 5) is 5.60. The van der Waals surface area contributed by atoms with Gasteiger partial charge in [0.05, 0.1) is 6.54 Å². The second kappa shape index (κ2) is 7.01. The lowest BCUT2D eigenvalue weighted by Crippen LogP contribution is -2.22. The lowest BCUT2D eigenvalue weighted by molar-refractivity contribution is 1.05. The quantitative estimate of drug-likeness (QED) is 0.512. The predicted molar refractivity (Wildman–Crippen MR) is 88.4 cm³/mol. The number of rotatable bonds is 4. The third-order valence-corrected chi connectivity index (χ3v) is 3.63. The van der Waals surface area contributed by atoms with Crippen molar-refractivity contribution in [2.75, 3.05) is 11.6 Å². The summed E-state index contributed by atoms with van der Waals surface area (Å²) in [6, 6.07) is 16.4. The molecule has 0 unspecified atom stereocenters. The van der Waals surface area contributed by atoms with Gasteiger partial charge in [-0.1, -0.05) is 24.3 Å². The molecule has 0 aliphatic heterocycles. The van der Waals surface area contributed by atoms with Crippen molar-refractivity contribution in [3.8, 4) is 0 Å². The van der Waals surface area contributed by atoms with Crippen LogP contribution in [0.5, 0.6) is 0 Å². The molecule has 0 bridgehead atoms. The minimum atomic E-state index is 0.435. The van der Waals surface area contributed by atoms with Crippen LogP contribution in [0.15, 0.2) is 58.4 Å². The number of benzene rings is 2. The summed E-state index contributed by atoms with van der Waals surface area (Å²) in [5.41, 5.74) is 9.20. The average molecular weight is 285 g/mol. The van der Waals surface area contributed by atoms with Crippen molar-refractivity contribution in [1.82, 2.24) is 0 Å². The van der Waals surface area contributed by atoms with Crippen LogP contribution in [-0.4, -0.2) is 12.2 Å². The van der Waals surface area contributed by atoms with Crippen molar-refractivity contribution >= 4 is 23.4 Å². The number of nitrogens with zero attached hydrogens (tertiary/aromatic N) is 1. The number of anilines is 1. The van der Waals surface area contributed by atoms with Crippen LogP contribution in [-0.2, 0) is 6.54 Å². The maximum atomic E-state index is 5.89. The van der Waals surface area contributed by atoms with Crippen LogP contribution in [0, 0.1) is 6.92 Å². The average Bonchev–Trinajstić information content (AvgIpc) is 2.46. The minimum absolute atomic E-state index is 0.435. The summed E-state index contributed by atoms with van der Waals surface area (Å²) in [6.07, 6.45) is 2.07. The van der Waals surface area contributed by atoms with Crippen LogP contribution in [0.2, 0.25) is 0 Å². The van der Waals surface area contributed by atoms with E-state index < -0.39 is 0 Å². The molecule has 2 rings (SSSR count). The van der Waals surface area contributed by atoms with Crippen LogP contribution in [0.25, 0.3) is 0 Å². The van der Waals surface area contributed by atoms with E-state index in [0.717, 1.165) is 11.3 Å². The van der Waals surface area contributed by atoms with Crippen LogP contribution >= 0.6 is 11.8 Å². The molecule has 4 heteroatoms. The number of aliphatic imine (C=N–C) groups is 1. The first-order valence-corrected chi connectivity index (χ1v) is 7.66. The summed E-state index contributed by atoms with van der Waals surface area (Å²) in [7, 11) is 0. The Bertz CT molecular complexity index is 591. The summed E-state index contributed by atoms with van der Waals surface area (Å²) in [5, 5.41) is 3.10. The largest absolute Gasteiger partial charge is 0.370 e. The molecule has 0 saturated heterocycles. The second-order valence-electron chi connectivity index (χ2n) is 4.54. The van der Waals surface area contributed by atoms with Crippen LogP contribution < -0.4 is 11.1 Å². The van der Waals surface area contributed by atoms with Crippen molar-refractivity contribution in [1.29, 1.82) is 0 Å². The molecule has 104 valence electrons. The summed E-state index contributed by atoms with van der Waals surface area (Å²) >= 11 is 1.73. The zero-order valence-electron chi connectivity index (χ0n) is 11.8. The number of aryl methyl sites for hydroxylation is 1. The molecule has 0 amide bonds. The van der Waals surface area contributed by atoms with Gasteiger partial charge in [0.1, 0.15) is 0 Å². The van der Waals surface area contributed by atoms with E-state index in [1.54, 1.807) is 11.8 Å². The molecular weight excluding hydrogens is 266 g/mol. The second-order valence-corrected chi connectivity index (χ2v) is 5.42. The highest BCUT2D eigenvalue weighted by molar-refractivity contribution is 7.98. The molecule has 0 aliphatic carbocycles. The third-order valence-electron chi connectivity index (χ3n) is 2.88. The predicted octanol–water partition coefficient (Wildman–Crippen LogP) is 3.64. The van der Waals surface area contributed by atoms with Gasteiger partial charge in [-0.25, -0.2) is 4.99 Å². The van der Waals surface area contributed by atoms with E-state index in [2.05, 4.69) is 40.8 Å². The Balaban J connectivity index is 1.96. The van der Waals surface area contributed by atoms with Crippen molar-refractivity contribution in [2.24, 2.45) is 10.7 Å². The van der Waals surface area contributed by atoms with Gasteiger partial charge in [0.2, 0.25) is 0 Å². The fraction of sp³-hybridized carbons (Fsp3) is 0.188. The molecule has 0 atom stereocenters. The van der Waals surface area contributed by atoms with E-state index in [-0.39, 0.29) is 0 Å². The number of nitrogens with two attached hydrogens (primary N) is 1. The maximum absolute atomic E-state index is 5.89. The molecule has 20 heavy (non-hydrogen) atoms. The molecule has 0 radical (unpaired) electrons.